The zero-order chi connectivity index (χ0) is 14.8. The molecule has 1 amide bonds. The second kappa shape index (κ2) is 9.08. The molecule has 1 aromatic heterocycles. The van der Waals surface area contributed by atoms with Crippen molar-refractivity contribution < 1.29 is 9.53 Å². The molecule has 0 radical (unpaired) electrons. The van der Waals surface area contributed by atoms with E-state index in [0.29, 0.717) is 19.0 Å². The quantitative estimate of drug-likeness (QED) is 0.576. The Balaban J connectivity index is 2.60. The minimum atomic E-state index is -0.0888. The summed E-state index contributed by atoms with van der Waals surface area (Å²) >= 11 is 0. The molecule has 1 aromatic rings. The van der Waals surface area contributed by atoms with Crippen molar-refractivity contribution in [2.75, 3.05) is 44.5 Å². The van der Waals surface area contributed by atoms with Crippen LogP contribution in [0.3, 0.4) is 0 Å². The number of aromatic nitrogens is 2. The fourth-order valence-corrected chi connectivity index (χ4v) is 1.79. The van der Waals surface area contributed by atoms with Crippen LogP contribution in [-0.4, -0.2) is 49.7 Å². The van der Waals surface area contributed by atoms with Gasteiger partial charge in [-0.05, 0) is 6.42 Å². The van der Waals surface area contributed by atoms with Crippen LogP contribution in [0.15, 0.2) is 6.33 Å². The van der Waals surface area contributed by atoms with Gasteiger partial charge in [0.05, 0.1) is 13.2 Å². The molecule has 7 heteroatoms. The fourth-order valence-electron chi connectivity index (χ4n) is 1.79. The van der Waals surface area contributed by atoms with Crippen LogP contribution in [-0.2, 0) is 16.0 Å². The van der Waals surface area contributed by atoms with Crippen LogP contribution in [0.1, 0.15) is 18.9 Å². The summed E-state index contributed by atoms with van der Waals surface area (Å²) in [6.45, 7) is 3.28. The number of anilines is 2. The van der Waals surface area contributed by atoms with Crippen LogP contribution in [0.25, 0.3) is 0 Å². The molecule has 3 N–H and O–H groups in total. The molecule has 0 bridgehead atoms. The van der Waals surface area contributed by atoms with Gasteiger partial charge in [0, 0.05) is 26.3 Å². The van der Waals surface area contributed by atoms with E-state index in [4.69, 9.17) is 4.74 Å². The molecule has 7 nitrogen and oxygen atoms in total. The van der Waals surface area contributed by atoms with Crippen molar-refractivity contribution in [3.8, 4) is 0 Å². The first-order chi connectivity index (χ1) is 9.72. The lowest BCUT2D eigenvalue weighted by Gasteiger charge is -2.13. The van der Waals surface area contributed by atoms with E-state index >= 15 is 0 Å². The molecule has 0 atom stereocenters. The van der Waals surface area contributed by atoms with Crippen LogP contribution in [0.5, 0.6) is 0 Å². The lowest BCUT2D eigenvalue weighted by molar-refractivity contribution is -0.119. The minimum Gasteiger partial charge on any atom is -0.383 e. The number of nitrogens with zero attached hydrogens (tertiary/aromatic N) is 2. The first-order valence-corrected chi connectivity index (χ1v) is 6.74. The maximum Gasteiger partial charge on any atom is 0.239 e. The van der Waals surface area contributed by atoms with Gasteiger partial charge in [0.25, 0.3) is 0 Å². The van der Waals surface area contributed by atoms with E-state index < -0.39 is 0 Å². The van der Waals surface area contributed by atoms with Gasteiger partial charge >= 0.3 is 0 Å². The van der Waals surface area contributed by atoms with Gasteiger partial charge < -0.3 is 20.7 Å². The van der Waals surface area contributed by atoms with Crippen molar-refractivity contribution in [2.24, 2.45) is 0 Å². The van der Waals surface area contributed by atoms with E-state index in [9.17, 15) is 4.79 Å². The van der Waals surface area contributed by atoms with Crippen LogP contribution in [0, 0.1) is 0 Å². The molecule has 20 heavy (non-hydrogen) atoms. The van der Waals surface area contributed by atoms with Crippen molar-refractivity contribution in [2.45, 2.75) is 19.8 Å². The van der Waals surface area contributed by atoms with Crippen LogP contribution in [0.4, 0.5) is 11.6 Å². The molecule has 0 aromatic carbocycles. The van der Waals surface area contributed by atoms with E-state index in [-0.39, 0.29) is 12.5 Å². The SMILES string of the molecule is CCCc1c(NC)ncnc1NCC(=O)NCCOC. The standard InChI is InChI=1S/C13H23N5O2/c1-4-5-10-12(14-2)17-9-18-13(10)16-8-11(19)15-6-7-20-3/h9H,4-8H2,1-3H3,(H,15,19)(H2,14,16,17,18). The van der Waals surface area contributed by atoms with E-state index in [0.717, 1.165) is 24.2 Å². The molecular weight excluding hydrogens is 258 g/mol. The number of ether oxygens (including phenoxy) is 1. The highest BCUT2D eigenvalue weighted by atomic mass is 16.5. The molecule has 0 fully saturated rings. The molecule has 0 saturated heterocycles. The average molecular weight is 281 g/mol. The first-order valence-electron chi connectivity index (χ1n) is 6.74. The number of carbonyl (C=O) groups is 1. The van der Waals surface area contributed by atoms with Gasteiger partial charge in [0.15, 0.2) is 0 Å². The Morgan fingerprint density at radius 3 is 2.75 bits per heavy atom. The van der Waals surface area contributed by atoms with Gasteiger partial charge in [-0.25, -0.2) is 9.97 Å². The number of hydrogen-bond acceptors (Lipinski definition) is 6. The zero-order valence-electron chi connectivity index (χ0n) is 12.3. The normalized spacial score (nSPS) is 10.2. The highest BCUT2D eigenvalue weighted by molar-refractivity contribution is 5.80. The van der Waals surface area contributed by atoms with Crippen LogP contribution < -0.4 is 16.0 Å². The molecule has 1 heterocycles. The van der Waals surface area contributed by atoms with E-state index in [1.54, 1.807) is 7.11 Å². The molecule has 0 spiro atoms. The summed E-state index contributed by atoms with van der Waals surface area (Å²) in [5.74, 6) is 1.41. The van der Waals surface area contributed by atoms with Crippen LogP contribution in [0.2, 0.25) is 0 Å². The van der Waals surface area contributed by atoms with E-state index in [1.165, 1.54) is 6.33 Å². The fraction of sp³-hybridized carbons (Fsp3) is 0.615. The number of methoxy groups -OCH3 is 1. The number of carbonyl (C=O) groups excluding carboxylic acids is 1. The molecule has 112 valence electrons. The maximum atomic E-state index is 11.6. The van der Waals surface area contributed by atoms with E-state index in [2.05, 4.69) is 32.8 Å². The van der Waals surface area contributed by atoms with Gasteiger partial charge in [-0.3, -0.25) is 4.79 Å². The topological polar surface area (TPSA) is 88.2 Å². The highest BCUT2D eigenvalue weighted by Crippen LogP contribution is 2.20. The predicted octanol–water partition coefficient (Wildman–Crippen LogP) is 0.645. The number of rotatable bonds is 9. The monoisotopic (exact) mass is 281 g/mol. The summed E-state index contributed by atoms with van der Waals surface area (Å²) < 4.78 is 4.87. The third-order valence-corrected chi connectivity index (χ3v) is 2.73. The van der Waals surface area contributed by atoms with Crippen LogP contribution >= 0.6 is 0 Å². The maximum absolute atomic E-state index is 11.6. The van der Waals surface area contributed by atoms with Crippen molar-refractivity contribution >= 4 is 17.5 Å². The summed E-state index contributed by atoms with van der Waals surface area (Å²) in [5.41, 5.74) is 1.00. The summed E-state index contributed by atoms with van der Waals surface area (Å²) in [7, 11) is 3.42. The summed E-state index contributed by atoms with van der Waals surface area (Å²) in [5, 5.41) is 8.85. The van der Waals surface area contributed by atoms with Gasteiger partial charge in [-0.2, -0.15) is 0 Å². The lowest BCUT2D eigenvalue weighted by atomic mass is 10.1. The first kappa shape index (κ1) is 16.2. The highest BCUT2D eigenvalue weighted by Gasteiger charge is 2.10. The molecule has 0 aliphatic heterocycles. The third-order valence-electron chi connectivity index (χ3n) is 2.73. The van der Waals surface area contributed by atoms with Gasteiger partial charge in [0.2, 0.25) is 5.91 Å². The second-order valence-electron chi connectivity index (χ2n) is 4.25. The van der Waals surface area contributed by atoms with Gasteiger partial charge in [0.1, 0.15) is 18.0 Å². The summed E-state index contributed by atoms with van der Waals surface area (Å²) in [6, 6.07) is 0. The van der Waals surface area contributed by atoms with Crippen molar-refractivity contribution in [3.63, 3.8) is 0 Å². The lowest BCUT2D eigenvalue weighted by Crippen LogP contribution is -2.32. The molecule has 0 saturated carbocycles. The number of hydrogen-bond donors (Lipinski definition) is 3. The minimum absolute atomic E-state index is 0.0888. The Hall–Kier alpha value is -1.89. The largest absolute Gasteiger partial charge is 0.383 e. The third kappa shape index (κ3) is 5.00. The van der Waals surface area contributed by atoms with Gasteiger partial charge in [-0.15, -0.1) is 0 Å². The Morgan fingerprint density at radius 2 is 2.10 bits per heavy atom. The molecular formula is C13H23N5O2. The summed E-state index contributed by atoms with van der Waals surface area (Å²) in [4.78, 5) is 20.0. The van der Waals surface area contributed by atoms with Gasteiger partial charge in [-0.1, -0.05) is 13.3 Å². The van der Waals surface area contributed by atoms with Crippen molar-refractivity contribution in [1.29, 1.82) is 0 Å². The molecule has 0 unspecified atom stereocenters. The van der Waals surface area contributed by atoms with E-state index in [1.807, 2.05) is 7.05 Å². The number of amides is 1. The Bertz CT molecular complexity index is 425. The van der Waals surface area contributed by atoms with Crippen molar-refractivity contribution in [1.82, 2.24) is 15.3 Å². The molecule has 0 aliphatic carbocycles. The Morgan fingerprint density at radius 1 is 1.35 bits per heavy atom. The number of nitrogens with one attached hydrogen (secondary N) is 3. The Kier molecular flexibility index (Phi) is 7.34. The van der Waals surface area contributed by atoms with Crippen molar-refractivity contribution in [3.05, 3.63) is 11.9 Å². The smallest absolute Gasteiger partial charge is 0.239 e. The zero-order valence-corrected chi connectivity index (χ0v) is 12.3. The second-order valence-corrected chi connectivity index (χ2v) is 4.25. The molecule has 1 rings (SSSR count). The summed E-state index contributed by atoms with van der Waals surface area (Å²) in [6.07, 6.45) is 3.32. The predicted molar refractivity (Wildman–Crippen MR) is 78.9 cm³/mol. The average Bonchev–Trinajstić information content (AvgIpc) is 2.46. The molecule has 0 aliphatic rings. The Labute approximate surface area is 119 Å².